The molecule has 0 bridgehead atoms. The van der Waals surface area contributed by atoms with Gasteiger partial charge in [0.1, 0.15) is 17.4 Å². The van der Waals surface area contributed by atoms with E-state index in [0.29, 0.717) is 13.0 Å². The standard InChI is InChI=1S/C12H15F2NO/c13-10-5-4-9(12(14)8-10)7-11(16)3-1-2-6-15/h4-5,8H,1-3,6-7,15H2. The van der Waals surface area contributed by atoms with Gasteiger partial charge in [0, 0.05) is 18.9 Å². The maximum Gasteiger partial charge on any atom is 0.137 e. The topological polar surface area (TPSA) is 43.1 Å². The molecule has 0 fully saturated rings. The fourth-order valence-electron chi connectivity index (χ4n) is 1.43. The Kier molecular flexibility index (Phi) is 5.05. The molecule has 0 atom stereocenters. The van der Waals surface area contributed by atoms with Crippen LogP contribution in [-0.4, -0.2) is 12.3 Å². The molecule has 0 heterocycles. The van der Waals surface area contributed by atoms with Crippen LogP contribution in [0.2, 0.25) is 0 Å². The largest absolute Gasteiger partial charge is 0.330 e. The van der Waals surface area contributed by atoms with Crippen LogP contribution in [0.25, 0.3) is 0 Å². The number of nitrogens with two attached hydrogens (primary N) is 1. The number of ketones is 1. The third-order valence-corrected chi connectivity index (χ3v) is 2.31. The number of carbonyl (C=O) groups excluding carboxylic acids is 1. The van der Waals surface area contributed by atoms with Gasteiger partial charge in [-0.25, -0.2) is 8.78 Å². The number of benzene rings is 1. The van der Waals surface area contributed by atoms with Crippen molar-refractivity contribution in [2.24, 2.45) is 5.73 Å². The number of unbranched alkanes of at least 4 members (excludes halogenated alkanes) is 1. The Morgan fingerprint density at radius 1 is 1.25 bits per heavy atom. The maximum absolute atomic E-state index is 13.2. The lowest BCUT2D eigenvalue weighted by atomic mass is 10.0. The lowest BCUT2D eigenvalue weighted by molar-refractivity contribution is -0.118. The van der Waals surface area contributed by atoms with Gasteiger partial charge >= 0.3 is 0 Å². The van der Waals surface area contributed by atoms with E-state index < -0.39 is 11.6 Å². The molecule has 0 aromatic heterocycles. The molecule has 0 unspecified atom stereocenters. The number of hydrogen-bond donors (Lipinski definition) is 1. The molecule has 1 rings (SSSR count). The fraction of sp³-hybridized carbons (Fsp3) is 0.417. The first kappa shape index (κ1) is 12.8. The first-order valence-electron chi connectivity index (χ1n) is 5.29. The van der Waals surface area contributed by atoms with Crippen molar-refractivity contribution in [3.63, 3.8) is 0 Å². The van der Waals surface area contributed by atoms with Crippen LogP contribution < -0.4 is 5.73 Å². The molecule has 0 amide bonds. The van der Waals surface area contributed by atoms with Gasteiger partial charge in [-0.05, 0) is 31.0 Å². The highest BCUT2D eigenvalue weighted by molar-refractivity contribution is 5.80. The molecule has 0 radical (unpaired) electrons. The van der Waals surface area contributed by atoms with Crippen molar-refractivity contribution in [3.8, 4) is 0 Å². The van der Waals surface area contributed by atoms with E-state index in [-0.39, 0.29) is 17.8 Å². The maximum atomic E-state index is 13.2. The normalized spacial score (nSPS) is 10.4. The number of rotatable bonds is 6. The summed E-state index contributed by atoms with van der Waals surface area (Å²) in [6.07, 6.45) is 1.93. The van der Waals surface area contributed by atoms with Gasteiger partial charge in [0.2, 0.25) is 0 Å². The number of hydrogen-bond acceptors (Lipinski definition) is 2. The molecule has 0 saturated heterocycles. The zero-order chi connectivity index (χ0) is 12.0. The van der Waals surface area contributed by atoms with Gasteiger partial charge in [0.25, 0.3) is 0 Å². The van der Waals surface area contributed by atoms with E-state index in [4.69, 9.17) is 5.73 Å². The summed E-state index contributed by atoms with van der Waals surface area (Å²) in [5, 5.41) is 0. The van der Waals surface area contributed by atoms with Crippen molar-refractivity contribution in [1.29, 1.82) is 0 Å². The Hall–Kier alpha value is -1.29. The van der Waals surface area contributed by atoms with Gasteiger partial charge in [-0.1, -0.05) is 6.07 Å². The van der Waals surface area contributed by atoms with Gasteiger partial charge in [0.15, 0.2) is 0 Å². The van der Waals surface area contributed by atoms with Crippen LogP contribution in [0.5, 0.6) is 0 Å². The summed E-state index contributed by atoms with van der Waals surface area (Å²) in [6.45, 7) is 0.554. The minimum atomic E-state index is -0.660. The molecule has 0 aliphatic carbocycles. The van der Waals surface area contributed by atoms with Crippen molar-refractivity contribution < 1.29 is 13.6 Å². The molecule has 1 aromatic rings. The zero-order valence-electron chi connectivity index (χ0n) is 9.01. The minimum absolute atomic E-state index is 0.0245. The van der Waals surface area contributed by atoms with Crippen LogP contribution in [0.3, 0.4) is 0 Å². The summed E-state index contributed by atoms with van der Waals surface area (Å²) in [5.74, 6) is -1.33. The minimum Gasteiger partial charge on any atom is -0.330 e. The number of carbonyl (C=O) groups is 1. The summed E-state index contributed by atoms with van der Waals surface area (Å²) in [6, 6.07) is 3.26. The highest BCUT2D eigenvalue weighted by Crippen LogP contribution is 2.11. The molecule has 88 valence electrons. The molecular formula is C12H15F2NO. The van der Waals surface area contributed by atoms with Gasteiger partial charge in [-0.2, -0.15) is 0 Å². The highest BCUT2D eigenvalue weighted by Gasteiger charge is 2.08. The zero-order valence-corrected chi connectivity index (χ0v) is 9.01. The van der Waals surface area contributed by atoms with Crippen LogP contribution in [-0.2, 0) is 11.2 Å². The highest BCUT2D eigenvalue weighted by atomic mass is 19.1. The second-order valence-corrected chi connectivity index (χ2v) is 3.70. The number of Topliss-reactive ketones (excluding diaryl/α,β-unsaturated/α-hetero) is 1. The Morgan fingerprint density at radius 3 is 2.62 bits per heavy atom. The SMILES string of the molecule is NCCCCC(=O)Cc1ccc(F)cc1F. The Morgan fingerprint density at radius 2 is 2.00 bits per heavy atom. The predicted molar refractivity (Wildman–Crippen MR) is 58.0 cm³/mol. The van der Waals surface area contributed by atoms with Gasteiger partial charge in [-0.3, -0.25) is 4.79 Å². The summed E-state index contributed by atoms with van der Waals surface area (Å²) >= 11 is 0. The molecular weight excluding hydrogens is 212 g/mol. The first-order valence-corrected chi connectivity index (χ1v) is 5.29. The molecule has 4 heteroatoms. The van der Waals surface area contributed by atoms with Crippen LogP contribution >= 0.6 is 0 Å². The smallest absolute Gasteiger partial charge is 0.137 e. The van der Waals surface area contributed by atoms with E-state index >= 15 is 0 Å². The quantitative estimate of drug-likeness (QED) is 0.757. The van der Waals surface area contributed by atoms with Crippen molar-refractivity contribution in [2.45, 2.75) is 25.7 Å². The Bertz CT molecular complexity index is 366. The Labute approximate surface area is 93.5 Å². The summed E-state index contributed by atoms with van der Waals surface area (Å²) in [5.41, 5.74) is 5.54. The third-order valence-electron chi connectivity index (χ3n) is 2.31. The second-order valence-electron chi connectivity index (χ2n) is 3.70. The van der Waals surface area contributed by atoms with E-state index in [1.54, 1.807) is 0 Å². The third kappa shape index (κ3) is 4.06. The first-order chi connectivity index (χ1) is 7.63. The summed E-state index contributed by atoms with van der Waals surface area (Å²) in [4.78, 5) is 11.4. The van der Waals surface area contributed by atoms with E-state index in [2.05, 4.69) is 0 Å². The van der Waals surface area contributed by atoms with Gasteiger partial charge in [-0.15, -0.1) is 0 Å². The molecule has 2 nitrogen and oxygen atoms in total. The predicted octanol–water partition coefficient (Wildman–Crippen LogP) is 2.21. The summed E-state index contributed by atoms with van der Waals surface area (Å²) < 4.78 is 25.8. The van der Waals surface area contributed by atoms with Gasteiger partial charge in [0.05, 0.1) is 0 Å². The molecule has 1 aromatic carbocycles. The molecule has 0 aliphatic rings. The monoisotopic (exact) mass is 227 g/mol. The molecule has 2 N–H and O–H groups in total. The molecule has 16 heavy (non-hydrogen) atoms. The molecule has 0 spiro atoms. The molecule has 0 aliphatic heterocycles. The average molecular weight is 227 g/mol. The van der Waals surface area contributed by atoms with Crippen LogP contribution in [0.15, 0.2) is 18.2 Å². The summed E-state index contributed by atoms with van der Waals surface area (Å²) in [7, 11) is 0. The van der Waals surface area contributed by atoms with Crippen LogP contribution in [0.4, 0.5) is 8.78 Å². The van der Waals surface area contributed by atoms with E-state index in [1.807, 2.05) is 0 Å². The van der Waals surface area contributed by atoms with Gasteiger partial charge < -0.3 is 5.73 Å². The van der Waals surface area contributed by atoms with Crippen molar-refractivity contribution in [3.05, 3.63) is 35.4 Å². The fourth-order valence-corrected chi connectivity index (χ4v) is 1.43. The second kappa shape index (κ2) is 6.33. The lowest BCUT2D eigenvalue weighted by Crippen LogP contribution is -2.06. The average Bonchev–Trinajstić information content (AvgIpc) is 2.23. The number of halogens is 2. The van der Waals surface area contributed by atoms with E-state index in [1.165, 1.54) is 6.07 Å². The van der Waals surface area contributed by atoms with E-state index in [9.17, 15) is 13.6 Å². The molecule has 0 saturated carbocycles. The lowest BCUT2D eigenvalue weighted by Gasteiger charge is -2.02. The Balaban J connectivity index is 2.49. The van der Waals surface area contributed by atoms with Crippen LogP contribution in [0, 0.1) is 11.6 Å². The van der Waals surface area contributed by atoms with Crippen LogP contribution in [0.1, 0.15) is 24.8 Å². The van der Waals surface area contributed by atoms with Crippen molar-refractivity contribution in [2.75, 3.05) is 6.54 Å². The van der Waals surface area contributed by atoms with Crippen molar-refractivity contribution >= 4 is 5.78 Å². The van der Waals surface area contributed by atoms with Crippen molar-refractivity contribution in [1.82, 2.24) is 0 Å². The van der Waals surface area contributed by atoms with E-state index in [0.717, 1.165) is 25.0 Å².